The number of carbonyl (C=O) groups is 1. The number of fused-ring (bicyclic) bond motifs is 3. The van der Waals surface area contributed by atoms with Crippen LogP contribution in [-0.2, 0) is 13.0 Å². The Bertz CT molecular complexity index is 1300. The Morgan fingerprint density at radius 1 is 1.12 bits per heavy atom. The summed E-state index contributed by atoms with van der Waals surface area (Å²) in [4.78, 5) is 15.4. The van der Waals surface area contributed by atoms with Crippen molar-refractivity contribution in [3.8, 4) is 17.2 Å². The van der Waals surface area contributed by atoms with Gasteiger partial charge in [0.1, 0.15) is 24.0 Å². The number of ether oxygens (including phenoxy) is 3. The molecule has 0 N–H and O–H groups in total. The van der Waals surface area contributed by atoms with Crippen molar-refractivity contribution in [3.05, 3.63) is 92.2 Å². The molecular weight excluding hydrogens is 473 g/mol. The lowest BCUT2D eigenvalue weighted by Crippen LogP contribution is -2.34. The van der Waals surface area contributed by atoms with Gasteiger partial charge < -0.3 is 14.2 Å². The fourth-order valence-electron chi connectivity index (χ4n) is 4.39. The summed E-state index contributed by atoms with van der Waals surface area (Å²) in [6, 6.07) is 15.1. The van der Waals surface area contributed by atoms with Gasteiger partial charge in [0.05, 0.1) is 18.2 Å². The molecule has 0 amide bonds. The van der Waals surface area contributed by atoms with E-state index in [0.29, 0.717) is 40.2 Å². The van der Waals surface area contributed by atoms with Crippen LogP contribution in [0.15, 0.2) is 54.3 Å². The SMILES string of the molecule is COc1ccccc1CCN1COc2cc(C)c3c(c2C1)O/C(=C\c1c(Cl)cccc1Cl)C3=O. The molecule has 0 aromatic heterocycles. The quantitative estimate of drug-likeness (QED) is 0.387. The zero-order chi connectivity index (χ0) is 23.8. The van der Waals surface area contributed by atoms with E-state index in [4.69, 9.17) is 37.4 Å². The summed E-state index contributed by atoms with van der Waals surface area (Å²) in [5, 5.41) is 0.911. The van der Waals surface area contributed by atoms with Gasteiger partial charge >= 0.3 is 0 Å². The largest absolute Gasteiger partial charge is 0.496 e. The predicted octanol–water partition coefficient (Wildman–Crippen LogP) is 6.32. The van der Waals surface area contributed by atoms with Gasteiger partial charge in [-0.25, -0.2) is 0 Å². The van der Waals surface area contributed by atoms with Crippen molar-refractivity contribution < 1.29 is 19.0 Å². The lowest BCUT2D eigenvalue weighted by molar-refractivity contribution is 0.0947. The van der Waals surface area contributed by atoms with Crippen LogP contribution in [-0.4, -0.2) is 31.1 Å². The molecular formula is C27H23Cl2NO4. The number of methoxy groups -OCH3 is 1. The zero-order valence-corrected chi connectivity index (χ0v) is 20.4. The van der Waals surface area contributed by atoms with Gasteiger partial charge in [-0.2, -0.15) is 0 Å². The third-order valence-electron chi connectivity index (χ3n) is 6.15. The Morgan fingerprint density at radius 2 is 1.88 bits per heavy atom. The highest BCUT2D eigenvalue weighted by Crippen LogP contribution is 2.44. The van der Waals surface area contributed by atoms with Crippen LogP contribution in [0.1, 0.15) is 32.6 Å². The summed E-state index contributed by atoms with van der Waals surface area (Å²) < 4.78 is 17.7. The monoisotopic (exact) mass is 495 g/mol. The third kappa shape index (κ3) is 4.16. The molecule has 0 radical (unpaired) electrons. The molecule has 0 aliphatic carbocycles. The Morgan fingerprint density at radius 3 is 2.65 bits per heavy atom. The van der Waals surface area contributed by atoms with Crippen molar-refractivity contribution in [2.75, 3.05) is 20.4 Å². The summed E-state index contributed by atoms with van der Waals surface area (Å²) >= 11 is 12.6. The van der Waals surface area contributed by atoms with Gasteiger partial charge in [0, 0.05) is 28.7 Å². The Balaban J connectivity index is 1.42. The molecule has 0 spiro atoms. The Labute approximate surface area is 208 Å². The molecule has 0 atom stereocenters. The number of halogens is 2. The zero-order valence-electron chi connectivity index (χ0n) is 18.9. The van der Waals surface area contributed by atoms with Crippen LogP contribution < -0.4 is 14.2 Å². The van der Waals surface area contributed by atoms with E-state index in [1.54, 1.807) is 31.4 Å². The molecule has 0 saturated carbocycles. The molecule has 2 aliphatic rings. The van der Waals surface area contributed by atoms with E-state index in [9.17, 15) is 4.79 Å². The number of ketones is 1. The highest BCUT2D eigenvalue weighted by molar-refractivity contribution is 6.37. The maximum atomic E-state index is 13.2. The van der Waals surface area contributed by atoms with Crippen LogP contribution in [0.5, 0.6) is 17.2 Å². The number of hydrogen-bond acceptors (Lipinski definition) is 5. The Hall–Kier alpha value is -2.99. The van der Waals surface area contributed by atoms with Gasteiger partial charge in [-0.3, -0.25) is 9.69 Å². The first kappa shape index (κ1) is 22.8. The molecule has 0 fully saturated rings. The highest BCUT2D eigenvalue weighted by Gasteiger charge is 2.35. The van der Waals surface area contributed by atoms with E-state index in [1.807, 2.05) is 31.2 Å². The number of Topliss-reactive ketones (excluding diaryl/α,β-unsaturated/α-hetero) is 1. The maximum Gasteiger partial charge on any atom is 0.232 e. The average molecular weight is 496 g/mol. The van der Waals surface area contributed by atoms with Crippen LogP contribution in [0.25, 0.3) is 6.08 Å². The van der Waals surface area contributed by atoms with E-state index in [-0.39, 0.29) is 11.5 Å². The molecule has 2 aliphatic heterocycles. The standard InChI is InChI=1S/C27H23Cl2NO4/c1-16-12-23-19(14-30(15-33-23)11-10-17-6-3-4-9-22(17)32-2)27-25(16)26(31)24(34-27)13-18-20(28)7-5-8-21(18)29/h3-9,12-13H,10-11,14-15H2,1-2H3/b24-13-. The first-order chi connectivity index (χ1) is 16.5. The van der Waals surface area contributed by atoms with Crippen molar-refractivity contribution >= 4 is 35.1 Å². The minimum atomic E-state index is -0.183. The summed E-state index contributed by atoms with van der Waals surface area (Å²) in [7, 11) is 1.68. The summed E-state index contributed by atoms with van der Waals surface area (Å²) in [6.45, 7) is 3.74. The Kier molecular flexibility index (Phi) is 6.26. The van der Waals surface area contributed by atoms with Crippen LogP contribution in [0.2, 0.25) is 10.0 Å². The topological polar surface area (TPSA) is 48.0 Å². The van der Waals surface area contributed by atoms with Crippen LogP contribution in [0.4, 0.5) is 0 Å². The summed E-state index contributed by atoms with van der Waals surface area (Å²) in [5.74, 6) is 2.19. The molecule has 3 aromatic carbocycles. The molecule has 0 saturated heterocycles. The number of benzene rings is 3. The van der Waals surface area contributed by atoms with Gasteiger partial charge in [-0.1, -0.05) is 47.5 Å². The predicted molar refractivity (Wildman–Crippen MR) is 133 cm³/mol. The fourth-order valence-corrected chi connectivity index (χ4v) is 4.89. The van der Waals surface area contributed by atoms with Gasteiger partial charge in [0.2, 0.25) is 5.78 Å². The van der Waals surface area contributed by atoms with E-state index in [2.05, 4.69) is 11.0 Å². The normalized spacial score (nSPS) is 16.1. The molecule has 5 rings (SSSR count). The first-order valence-electron chi connectivity index (χ1n) is 11.0. The average Bonchev–Trinajstić information content (AvgIpc) is 3.17. The molecule has 0 unspecified atom stereocenters. The third-order valence-corrected chi connectivity index (χ3v) is 6.81. The lowest BCUT2D eigenvalue weighted by atomic mass is 9.98. The molecule has 34 heavy (non-hydrogen) atoms. The second kappa shape index (κ2) is 9.34. The van der Waals surface area contributed by atoms with E-state index < -0.39 is 0 Å². The van der Waals surface area contributed by atoms with Crippen LogP contribution in [0.3, 0.4) is 0 Å². The maximum absolute atomic E-state index is 13.2. The minimum absolute atomic E-state index is 0.183. The van der Waals surface area contributed by atoms with Crippen LogP contribution >= 0.6 is 23.2 Å². The molecule has 174 valence electrons. The second-order valence-corrected chi connectivity index (χ2v) is 9.15. The van der Waals surface area contributed by atoms with Gasteiger partial charge in [0.25, 0.3) is 0 Å². The minimum Gasteiger partial charge on any atom is -0.496 e. The fraction of sp³-hybridized carbons (Fsp3) is 0.222. The molecule has 7 heteroatoms. The molecule has 2 heterocycles. The van der Waals surface area contributed by atoms with Gasteiger partial charge in [0.15, 0.2) is 5.76 Å². The number of aryl methyl sites for hydroxylation is 1. The van der Waals surface area contributed by atoms with Crippen molar-refractivity contribution in [1.82, 2.24) is 4.90 Å². The highest BCUT2D eigenvalue weighted by atomic mass is 35.5. The number of allylic oxidation sites excluding steroid dienone is 1. The number of para-hydroxylation sites is 1. The first-order valence-corrected chi connectivity index (χ1v) is 11.7. The second-order valence-electron chi connectivity index (χ2n) is 8.34. The molecule has 5 nitrogen and oxygen atoms in total. The number of rotatable bonds is 5. The van der Waals surface area contributed by atoms with E-state index >= 15 is 0 Å². The van der Waals surface area contributed by atoms with Crippen molar-refractivity contribution in [3.63, 3.8) is 0 Å². The summed E-state index contributed by atoms with van der Waals surface area (Å²) in [6.07, 6.45) is 2.43. The molecule has 3 aromatic rings. The van der Waals surface area contributed by atoms with Crippen molar-refractivity contribution in [1.29, 1.82) is 0 Å². The van der Waals surface area contributed by atoms with E-state index in [1.165, 1.54) is 0 Å². The lowest BCUT2D eigenvalue weighted by Gasteiger charge is -2.30. The van der Waals surface area contributed by atoms with Gasteiger partial charge in [-0.05, 0) is 54.8 Å². The molecule has 0 bridgehead atoms. The van der Waals surface area contributed by atoms with Crippen LogP contribution in [0, 0.1) is 6.92 Å². The number of carbonyl (C=O) groups excluding carboxylic acids is 1. The smallest absolute Gasteiger partial charge is 0.232 e. The van der Waals surface area contributed by atoms with E-state index in [0.717, 1.165) is 41.2 Å². The van der Waals surface area contributed by atoms with Gasteiger partial charge in [-0.15, -0.1) is 0 Å². The number of hydrogen-bond donors (Lipinski definition) is 0. The van der Waals surface area contributed by atoms with Crippen molar-refractivity contribution in [2.45, 2.75) is 19.9 Å². The number of nitrogens with zero attached hydrogens (tertiary/aromatic N) is 1. The van der Waals surface area contributed by atoms with Crippen molar-refractivity contribution in [2.24, 2.45) is 0 Å². The summed E-state index contributed by atoms with van der Waals surface area (Å²) in [5.41, 5.74) is 3.94.